The first-order valence-electron chi connectivity index (χ1n) is 12.7. The number of carbonyl (C=O) groups excluding carboxylic acids is 2. The molecule has 3 saturated heterocycles. The van der Waals surface area contributed by atoms with Gasteiger partial charge >= 0.3 is 0 Å². The maximum atomic E-state index is 12.9. The summed E-state index contributed by atoms with van der Waals surface area (Å²) in [5.74, 6) is 1.36. The van der Waals surface area contributed by atoms with Crippen LogP contribution in [0.5, 0.6) is 0 Å². The van der Waals surface area contributed by atoms with Gasteiger partial charge in [0, 0.05) is 57.1 Å². The van der Waals surface area contributed by atoms with E-state index in [2.05, 4.69) is 26.5 Å². The summed E-state index contributed by atoms with van der Waals surface area (Å²) in [7, 11) is 0. The van der Waals surface area contributed by atoms with E-state index in [1.165, 1.54) is 19.3 Å². The standard InChI is InChI=1S/C24H42N4O2/c1-2-25-16-18-28(19-17-25)24(30)21-8-12-26(13-9-21)22-10-14-27(15-11-22)23(29)20-6-4-3-5-7-20/h20-22H,2-19H2,1H3. The third kappa shape index (κ3) is 5.18. The van der Waals surface area contributed by atoms with E-state index in [9.17, 15) is 9.59 Å². The minimum Gasteiger partial charge on any atom is -0.342 e. The van der Waals surface area contributed by atoms with Crippen LogP contribution in [-0.4, -0.2) is 96.4 Å². The van der Waals surface area contributed by atoms with Crippen molar-refractivity contribution >= 4 is 11.8 Å². The molecule has 0 unspecified atom stereocenters. The predicted molar refractivity (Wildman–Crippen MR) is 119 cm³/mol. The third-order valence-electron chi connectivity index (χ3n) is 8.26. The molecule has 0 N–H and O–H groups in total. The van der Waals surface area contributed by atoms with Crippen LogP contribution < -0.4 is 0 Å². The summed E-state index contributed by atoms with van der Waals surface area (Å²) in [5, 5.41) is 0. The van der Waals surface area contributed by atoms with Crippen molar-refractivity contribution < 1.29 is 9.59 Å². The van der Waals surface area contributed by atoms with Crippen molar-refractivity contribution in [1.29, 1.82) is 0 Å². The van der Waals surface area contributed by atoms with E-state index in [0.717, 1.165) is 97.4 Å². The monoisotopic (exact) mass is 418 g/mol. The van der Waals surface area contributed by atoms with Gasteiger partial charge in [-0.3, -0.25) is 9.59 Å². The summed E-state index contributed by atoms with van der Waals surface area (Å²) in [6.07, 6.45) is 10.2. The summed E-state index contributed by atoms with van der Waals surface area (Å²) >= 11 is 0. The van der Waals surface area contributed by atoms with E-state index < -0.39 is 0 Å². The maximum Gasteiger partial charge on any atom is 0.225 e. The zero-order valence-electron chi connectivity index (χ0n) is 19.1. The fourth-order valence-corrected chi connectivity index (χ4v) is 6.11. The summed E-state index contributed by atoms with van der Waals surface area (Å²) in [5.41, 5.74) is 0. The van der Waals surface area contributed by atoms with E-state index in [-0.39, 0.29) is 5.92 Å². The Bertz CT molecular complexity index is 568. The highest BCUT2D eigenvalue weighted by atomic mass is 16.2. The average molecular weight is 419 g/mol. The molecule has 1 aliphatic carbocycles. The molecular formula is C24H42N4O2. The smallest absolute Gasteiger partial charge is 0.225 e. The van der Waals surface area contributed by atoms with Crippen molar-refractivity contribution in [2.75, 3.05) is 58.9 Å². The zero-order chi connectivity index (χ0) is 20.9. The lowest BCUT2D eigenvalue weighted by atomic mass is 9.87. The van der Waals surface area contributed by atoms with Gasteiger partial charge in [-0.2, -0.15) is 0 Å². The van der Waals surface area contributed by atoms with Gasteiger partial charge in [0.25, 0.3) is 0 Å². The second-order valence-corrected chi connectivity index (χ2v) is 9.96. The van der Waals surface area contributed by atoms with Gasteiger partial charge in [0.2, 0.25) is 11.8 Å². The number of piperazine rings is 1. The lowest BCUT2D eigenvalue weighted by Gasteiger charge is -2.43. The molecule has 3 heterocycles. The molecule has 1 saturated carbocycles. The van der Waals surface area contributed by atoms with Crippen molar-refractivity contribution in [3.63, 3.8) is 0 Å². The van der Waals surface area contributed by atoms with Gasteiger partial charge < -0.3 is 19.6 Å². The van der Waals surface area contributed by atoms with E-state index >= 15 is 0 Å². The summed E-state index contributed by atoms with van der Waals surface area (Å²) in [6.45, 7) is 11.1. The van der Waals surface area contributed by atoms with Gasteiger partial charge in [0.15, 0.2) is 0 Å². The van der Waals surface area contributed by atoms with Gasteiger partial charge in [-0.15, -0.1) is 0 Å². The first-order valence-corrected chi connectivity index (χ1v) is 12.7. The quantitative estimate of drug-likeness (QED) is 0.704. The number of likely N-dealkylation sites (tertiary alicyclic amines) is 2. The highest BCUT2D eigenvalue weighted by Crippen LogP contribution is 2.29. The van der Waals surface area contributed by atoms with Crippen molar-refractivity contribution in [3.8, 4) is 0 Å². The Kier molecular flexibility index (Phi) is 7.69. The van der Waals surface area contributed by atoms with E-state index in [4.69, 9.17) is 0 Å². The number of nitrogens with zero attached hydrogens (tertiary/aromatic N) is 4. The fraction of sp³-hybridized carbons (Fsp3) is 0.917. The van der Waals surface area contributed by atoms with Gasteiger partial charge in [-0.05, 0) is 58.2 Å². The van der Waals surface area contributed by atoms with Crippen LogP contribution in [-0.2, 0) is 9.59 Å². The number of rotatable bonds is 4. The van der Waals surface area contributed by atoms with Crippen LogP contribution in [0.3, 0.4) is 0 Å². The summed E-state index contributed by atoms with van der Waals surface area (Å²) < 4.78 is 0. The Morgan fingerprint density at radius 1 is 0.633 bits per heavy atom. The molecule has 0 atom stereocenters. The van der Waals surface area contributed by atoms with E-state index in [1.54, 1.807) is 0 Å². The largest absolute Gasteiger partial charge is 0.342 e. The normalized spacial score (nSPS) is 26.8. The molecule has 0 spiro atoms. The number of hydrogen-bond donors (Lipinski definition) is 0. The van der Waals surface area contributed by atoms with E-state index in [0.29, 0.717) is 23.8 Å². The lowest BCUT2D eigenvalue weighted by Crippen LogP contribution is -2.53. The number of hydrogen-bond acceptors (Lipinski definition) is 4. The van der Waals surface area contributed by atoms with Crippen LogP contribution in [0.25, 0.3) is 0 Å². The molecule has 3 aliphatic heterocycles. The van der Waals surface area contributed by atoms with Crippen molar-refractivity contribution in [2.24, 2.45) is 11.8 Å². The Labute approximate surface area is 182 Å². The minimum absolute atomic E-state index is 0.224. The van der Waals surface area contributed by atoms with Crippen molar-refractivity contribution in [3.05, 3.63) is 0 Å². The topological polar surface area (TPSA) is 47.1 Å². The van der Waals surface area contributed by atoms with Gasteiger partial charge in [-0.1, -0.05) is 26.2 Å². The molecule has 0 aromatic rings. The Hall–Kier alpha value is -1.14. The van der Waals surface area contributed by atoms with Crippen LogP contribution >= 0.6 is 0 Å². The molecule has 0 bridgehead atoms. The molecule has 30 heavy (non-hydrogen) atoms. The highest BCUT2D eigenvalue weighted by molar-refractivity contribution is 5.79. The molecule has 6 nitrogen and oxygen atoms in total. The molecule has 170 valence electrons. The molecule has 6 heteroatoms. The molecule has 2 amide bonds. The third-order valence-corrected chi connectivity index (χ3v) is 8.26. The Morgan fingerprint density at radius 3 is 1.73 bits per heavy atom. The van der Waals surface area contributed by atoms with Gasteiger partial charge in [0.1, 0.15) is 0 Å². The number of piperidine rings is 2. The molecule has 0 radical (unpaired) electrons. The second kappa shape index (κ2) is 10.4. The van der Waals surface area contributed by atoms with Gasteiger partial charge in [-0.25, -0.2) is 0 Å². The van der Waals surface area contributed by atoms with Crippen molar-refractivity contribution in [1.82, 2.24) is 19.6 Å². The Balaban J connectivity index is 1.18. The zero-order valence-corrected chi connectivity index (χ0v) is 19.1. The number of amides is 2. The van der Waals surface area contributed by atoms with Crippen LogP contribution in [0.4, 0.5) is 0 Å². The summed E-state index contributed by atoms with van der Waals surface area (Å²) in [6, 6.07) is 0.601. The first kappa shape index (κ1) is 22.1. The minimum atomic E-state index is 0.224. The molecule has 4 fully saturated rings. The van der Waals surface area contributed by atoms with Crippen LogP contribution in [0, 0.1) is 11.8 Å². The lowest BCUT2D eigenvalue weighted by molar-refractivity contribution is -0.140. The Morgan fingerprint density at radius 2 is 1.17 bits per heavy atom. The van der Waals surface area contributed by atoms with Crippen LogP contribution in [0.2, 0.25) is 0 Å². The van der Waals surface area contributed by atoms with Crippen LogP contribution in [0.1, 0.15) is 64.7 Å². The molecular weight excluding hydrogens is 376 g/mol. The van der Waals surface area contributed by atoms with Crippen LogP contribution in [0.15, 0.2) is 0 Å². The fourth-order valence-electron chi connectivity index (χ4n) is 6.11. The predicted octanol–water partition coefficient (Wildman–Crippen LogP) is 2.43. The molecule has 4 rings (SSSR count). The molecule has 0 aromatic carbocycles. The highest BCUT2D eigenvalue weighted by Gasteiger charge is 2.35. The number of carbonyl (C=O) groups is 2. The first-order chi connectivity index (χ1) is 14.7. The average Bonchev–Trinajstić information content (AvgIpc) is 2.84. The molecule has 0 aromatic heterocycles. The maximum absolute atomic E-state index is 12.9. The second-order valence-electron chi connectivity index (χ2n) is 9.96. The van der Waals surface area contributed by atoms with E-state index in [1.807, 2.05) is 0 Å². The van der Waals surface area contributed by atoms with Gasteiger partial charge in [0.05, 0.1) is 0 Å². The summed E-state index contributed by atoms with van der Waals surface area (Å²) in [4.78, 5) is 35.1. The SMILES string of the molecule is CCN1CCN(C(=O)C2CCN(C3CCN(C(=O)C4CCCCC4)CC3)CC2)CC1. The molecule has 4 aliphatic rings. The number of likely N-dealkylation sites (N-methyl/N-ethyl adjacent to an activating group) is 1. The van der Waals surface area contributed by atoms with Crippen molar-refractivity contribution in [2.45, 2.75) is 70.8 Å².